The third-order valence-electron chi connectivity index (χ3n) is 5.31. The third-order valence-corrected chi connectivity index (χ3v) is 5.31. The van der Waals surface area contributed by atoms with Crippen molar-refractivity contribution in [3.05, 3.63) is 69.8 Å². The van der Waals surface area contributed by atoms with E-state index in [1.54, 1.807) is 12.1 Å². The second-order valence-corrected chi connectivity index (χ2v) is 8.98. The minimum Gasteiger partial charge on any atom is -0.241 e. The van der Waals surface area contributed by atoms with E-state index in [0.717, 1.165) is 22.3 Å². The summed E-state index contributed by atoms with van der Waals surface area (Å²) in [6.07, 6.45) is 0. The molecule has 0 radical (unpaired) electrons. The highest BCUT2D eigenvalue weighted by molar-refractivity contribution is 5.94. The lowest BCUT2D eigenvalue weighted by atomic mass is 9.87. The Morgan fingerprint density at radius 1 is 0.581 bits per heavy atom. The largest absolute Gasteiger partial charge is 0.386 e. The molecule has 0 saturated carbocycles. The van der Waals surface area contributed by atoms with Crippen molar-refractivity contribution in [2.75, 3.05) is 0 Å². The molecule has 0 spiro atoms. The Hall–Kier alpha value is -2.40. The Morgan fingerprint density at radius 2 is 0.903 bits per heavy atom. The van der Waals surface area contributed by atoms with Crippen molar-refractivity contribution in [1.29, 1.82) is 0 Å². The molecular formula is C26H38O4Si. The van der Waals surface area contributed by atoms with E-state index in [1.165, 1.54) is 0 Å². The van der Waals surface area contributed by atoms with Gasteiger partial charge in [-0.15, -0.1) is 0 Å². The fraction of sp³-hybridized carbons (Fsp3) is 0.462. The van der Waals surface area contributed by atoms with Crippen LogP contribution in [0.2, 0.25) is 0 Å². The lowest BCUT2D eigenvalue weighted by Crippen LogP contribution is -2.17. The van der Waals surface area contributed by atoms with Crippen molar-refractivity contribution in [2.45, 2.75) is 79.1 Å². The molecule has 5 heteroatoms. The predicted molar refractivity (Wildman–Crippen MR) is 131 cm³/mol. The van der Waals surface area contributed by atoms with E-state index in [0.29, 0.717) is 11.1 Å². The second-order valence-electron chi connectivity index (χ2n) is 8.98. The highest BCUT2D eigenvalue weighted by Gasteiger charge is 2.24. The number of rotatable bonds is 6. The van der Waals surface area contributed by atoms with Crippen LogP contribution in [0.15, 0.2) is 36.4 Å². The van der Waals surface area contributed by atoms with Gasteiger partial charge in [-0.1, -0.05) is 79.7 Å². The fourth-order valence-electron chi connectivity index (χ4n) is 3.98. The summed E-state index contributed by atoms with van der Waals surface area (Å²) < 4.78 is 0. The first-order valence-electron chi connectivity index (χ1n) is 10.7. The van der Waals surface area contributed by atoms with Gasteiger partial charge in [0.2, 0.25) is 0 Å². The average molecular weight is 443 g/mol. The standard InChI is InChI=1S/C26H34O4.H4Si/c1-15(2)19-11-9-13-21(23(19)17(5)6)25(27)29-30-26(28)22-14-10-12-20(16(3)4)24(22)18(7)8;/h9-18H,1-8H3;1H4. The number of hydrogen-bond acceptors (Lipinski definition) is 4. The zero-order valence-corrected chi connectivity index (χ0v) is 19.4. The van der Waals surface area contributed by atoms with Crippen molar-refractivity contribution in [3.8, 4) is 0 Å². The van der Waals surface area contributed by atoms with Crippen LogP contribution in [0.4, 0.5) is 0 Å². The van der Waals surface area contributed by atoms with Crippen LogP contribution < -0.4 is 0 Å². The Balaban J connectivity index is 0.00000480. The zero-order chi connectivity index (χ0) is 22.6. The van der Waals surface area contributed by atoms with Gasteiger partial charge in [-0.3, -0.25) is 0 Å². The lowest BCUT2D eigenvalue weighted by Gasteiger charge is -2.20. The molecule has 31 heavy (non-hydrogen) atoms. The van der Waals surface area contributed by atoms with E-state index in [1.807, 2.05) is 52.0 Å². The first-order valence-corrected chi connectivity index (χ1v) is 10.7. The molecule has 0 heterocycles. The SMILES string of the molecule is CC(C)c1cccc(C(=O)OOC(=O)c2cccc(C(C)C)c2C(C)C)c1C(C)C.[SiH4]. The molecule has 0 bridgehead atoms. The molecule has 0 amide bonds. The molecule has 0 aromatic heterocycles. The summed E-state index contributed by atoms with van der Waals surface area (Å²) in [6.45, 7) is 16.5. The number of carbonyl (C=O) groups is 2. The van der Waals surface area contributed by atoms with Gasteiger partial charge in [-0.25, -0.2) is 19.4 Å². The van der Waals surface area contributed by atoms with E-state index >= 15 is 0 Å². The van der Waals surface area contributed by atoms with Gasteiger partial charge in [0.05, 0.1) is 11.1 Å². The van der Waals surface area contributed by atoms with Crippen LogP contribution in [-0.4, -0.2) is 22.9 Å². The van der Waals surface area contributed by atoms with Crippen LogP contribution >= 0.6 is 0 Å². The van der Waals surface area contributed by atoms with Crippen LogP contribution in [0.3, 0.4) is 0 Å². The molecule has 4 nitrogen and oxygen atoms in total. The summed E-state index contributed by atoms with van der Waals surface area (Å²) in [5.74, 6) is -0.495. The molecule has 2 rings (SSSR count). The molecule has 2 aromatic rings. The molecule has 0 atom stereocenters. The van der Waals surface area contributed by atoms with E-state index in [4.69, 9.17) is 9.78 Å². The van der Waals surface area contributed by atoms with Gasteiger partial charge in [-0.2, -0.15) is 0 Å². The topological polar surface area (TPSA) is 52.6 Å². The normalized spacial score (nSPS) is 11.1. The van der Waals surface area contributed by atoms with E-state index < -0.39 is 11.9 Å². The monoisotopic (exact) mass is 442 g/mol. The Morgan fingerprint density at radius 3 is 1.16 bits per heavy atom. The Bertz CT molecular complexity index is 838. The van der Waals surface area contributed by atoms with Crippen molar-refractivity contribution < 1.29 is 19.4 Å². The van der Waals surface area contributed by atoms with Gasteiger partial charge < -0.3 is 0 Å². The molecular weight excluding hydrogens is 404 g/mol. The minimum atomic E-state index is -0.652. The first kappa shape index (κ1) is 26.6. The third kappa shape index (κ3) is 6.07. The minimum absolute atomic E-state index is 0. The summed E-state index contributed by atoms with van der Waals surface area (Å²) in [5.41, 5.74) is 4.92. The van der Waals surface area contributed by atoms with Crippen LogP contribution in [-0.2, 0) is 9.78 Å². The fourth-order valence-corrected chi connectivity index (χ4v) is 3.98. The Kier molecular flexibility index (Phi) is 9.69. The van der Waals surface area contributed by atoms with Gasteiger partial charge >= 0.3 is 11.9 Å². The molecule has 0 N–H and O–H groups in total. The second kappa shape index (κ2) is 11.3. The van der Waals surface area contributed by atoms with E-state index in [-0.39, 0.29) is 34.6 Å². The molecule has 0 unspecified atom stereocenters. The molecule has 2 aromatic carbocycles. The Labute approximate surface area is 191 Å². The van der Waals surface area contributed by atoms with Gasteiger partial charge in [0, 0.05) is 0 Å². The molecule has 170 valence electrons. The summed E-state index contributed by atoms with van der Waals surface area (Å²) in [6, 6.07) is 11.2. The smallest absolute Gasteiger partial charge is 0.241 e. The summed E-state index contributed by atoms with van der Waals surface area (Å²) in [5, 5.41) is 0. The predicted octanol–water partition coefficient (Wildman–Crippen LogP) is 5.66. The van der Waals surface area contributed by atoms with Crippen molar-refractivity contribution >= 4 is 22.9 Å². The number of hydrogen-bond donors (Lipinski definition) is 0. The van der Waals surface area contributed by atoms with Gasteiger partial charge in [-0.05, 0) is 69.0 Å². The number of carbonyl (C=O) groups excluding carboxylic acids is 2. The van der Waals surface area contributed by atoms with Gasteiger partial charge in [0.25, 0.3) is 0 Å². The van der Waals surface area contributed by atoms with E-state index in [2.05, 4.69) is 27.7 Å². The van der Waals surface area contributed by atoms with Crippen LogP contribution in [0.1, 0.15) is 122 Å². The van der Waals surface area contributed by atoms with E-state index in [9.17, 15) is 9.59 Å². The maximum atomic E-state index is 12.8. The van der Waals surface area contributed by atoms with Crippen molar-refractivity contribution in [3.63, 3.8) is 0 Å². The van der Waals surface area contributed by atoms with Crippen molar-refractivity contribution in [2.24, 2.45) is 0 Å². The highest BCUT2D eigenvalue weighted by Crippen LogP contribution is 2.31. The molecule has 0 fully saturated rings. The molecule has 0 saturated heterocycles. The number of benzene rings is 2. The van der Waals surface area contributed by atoms with Crippen molar-refractivity contribution in [1.82, 2.24) is 0 Å². The van der Waals surface area contributed by atoms with Crippen LogP contribution in [0.25, 0.3) is 0 Å². The summed E-state index contributed by atoms with van der Waals surface area (Å²) in [7, 11) is 0. The first-order chi connectivity index (χ1) is 14.1. The maximum absolute atomic E-state index is 12.8. The average Bonchev–Trinajstić information content (AvgIpc) is 2.70. The van der Waals surface area contributed by atoms with Gasteiger partial charge in [0.15, 0.2) is 0 Å². The highest BCUT2D eigenvalue weighted by atomic mass is 28.1. The quantitative estimate of drug-likeness (QED) is 0.329. The lowest BCUT2D eigenvalue weighted by molar-refractivity contribution is -0.187. The van der Waals surface area contributed by atoms with Gasteiger partial charge in [0.1, 0.15) is 0 Å². The summed E-state index contributed by atoms with van der Waals surface area (Å²) in [4.78, 5) is 35.6. The van der Waals surface area contributed by atoms with Crippen LogP contribution in [0, 0.1) is 0 Å². The maximum Gasteiger partial charge on any atom is 0.386 e. The zero-order valence-electron chi connectivity index (χ0n) is 19.4. The molecule has 0 aliphatic carbocycles. The summed E-state index contributed by atoms with van der Waals surface area (Å²) >= 11 is 0. The molecule has 0 aliphatic rings. The molecule has 0 aliphatic heterocycles. The van der Waals surface area contributed by atoms with Crippen LogP contribution in [0.5, 0.6) is 0 Å².